The predicted molar refractivity (Wildman–Crippen MR) is 96.1 cm³/mol. The number of hydrogen-bond acceptors (Lipinski definition) is 5. The number of amides is 3. The van der Waals surface area contributed by atoms with Crippen molar-refractivity contribution in [2.75, 3.05) is 38.7 Å². The van der Waals surface area contributed by atoms with Crippen molar-refractivity contribution in [2.45, 2.75) is 6.04 Å². The Kier molecular flexibility index (Phi) is 4.41. The Hall–Kier alpha value is -3.13. The van der Waals surface area contributed by atoms with Gasteiger partial charge in [0.1, 0.15) is 18.4 Å². The molecule has 2 aliphatic rings. The number of nitrogens with zero attached hydrogens (tertiary/aromatic N) is 2. The summed E-state index contributed by atoms with van der Waals surface area (Å²) in [6.45, 7) is 0.759. The summed E-state index contributed by atoms with van der Waals surface area (Å²) < 4.78 is 10.3. The summed E-state index contributed by atoms with van der Waals surface area (Å²) in [6, 6.07) is 8.08. The molecule has 1 N–H and O–H groups in total. The van der Waals surface area contributed by atoms with Crippen molar-refractivity contribution in [3.8, 4) is 11.3 Å². The summed E-state index contributed by atoms with van der Waals surface area (Å²) in [5.74, 6) is -0.0877. The number of anilines is 1. The highest BCUT2D eigenvalue weighted by Gasteiger charge is 2.40. The Morgan fingerprint density at radius 2 is 2.15 bits per heavy atom. The summed E-state index contributed by atoms with van der Waals surface area (Å²) >= 11 is 0. The number of methoxy groups -OCH3 is 1. The van der Waals surface area contributed by atoms with Crippen molar-refractivity contribution >= 4 is 23.4 Å². The molecule has 0 saturated carbocycles. The van der Waals surface area contributed by atoms with E-state index in [1.54, 1.807) is 35.4 Å². The van der Waals surface area contributed by atoms with Crippen LogP contribution in [-0.4, -0.2) is 66.9 Å². The first-order valence-electron chi connectivity index (χ1n) is 8.65. The maximum Gasteiger partial charge on any atom is 0.256 e. The lowest BCUT2D eigenvalue weighted by atomic mass is 10.1. The van der Waals surface area contributed by atoms with E-state index in [2.05, 4.69) is 5.32 Å². The van der Waals surface area contributed by atoms with Crippen LogP contribution in [0.25, 0.3) is 11.3 Å². The second-order valence-corrected chi connectivity index (χ2v) is 6.51. The molecule has 27 heavy (non-hydrogen) atoms. The summed E-state index contributed by atoms with van der Waals surface area (Å²) in [5.41, 5.74) is 1.63. The lowest BCUT2D eigenvalue weighted by molar-refractivity contribution is -0.139. The van der Waals surface area contributed by atoms with Gasteiger partial charge in [-0.3, -0.25) is 14.4 Å². The lowest BCUT2D eigenvalue weighted by Crippen LogP contribution is -2.59. The van der Waals surface area contributed by atoms with Crippen molar-refractivity contribution in [2.24, 2.45) is 0 Å². The van der Waals surface area contributed by atoms with Gasteiger partial charge in [-0.15, -0.1) is 0 Å². The van der Waals surface area contributed by atoms with Gasteiger partial charge in [-0.1, -0.05) is 0 Å². The topological polar surface area (TPSA) is 92.1 Å². The molecule has 2 aromatic rings. The fraction of sp³-hybridized carbons (Fsp3) is 0.316. The molecule has 3 heterocycles. The average Bonchev–Trinajstić information content (AvgIpc) is 3.19. The smallest absolute Gasteiger partial charge is 0.256 e. The van der Waals surface area contributed by atoms with Gasteiger partial charge in [-0.05, 0) is 30.3 Å². The van der Waals surface area contributed by atoms with Crippen LogP contribution in [-0.2, 0) is 14.3 Å². The van der Waals surface area contributed by atoms with Gasteiger partial charge in [0, 0.05) is 25.8 Å². The van der Waals surface area contributed by atoms with E-state index in [0.29, 0.717) is 23.6 Å². The SMILES string of the molecule is COCC(=O)N1CCN2C(=O)c3cc(-c4ccco4)ccc3NC(=O)[C@H]2C1. The molecule has 1 atom stereocenters. The number of carbonyl (C=O) groups is 3. The van der Waals surface area contributed by atoms with Crippen molar-refractivity contribution in [3.05, 3.63) is 42.2 Å². The zero-order valence-electron chi connectivity index (χ0n) is 14.8. The number of rotatable bonds is 3. The van der Waals surface area contributed by atoms with Gasteiger partial charge in [0.2, 0.25) is 11.8 Å². The van der Waals surface area contributed by atoms with Gasteiger partial charge in [0.05, 0.1) is 24.1 Å². The molecule has 1 saturated heterocycles. The minimum Gasteiger partial charge on any atom is -0.464 e. The minimum absolute atomic E-state index is 0.0466. The van der Waals surface area contributed by atoms with Gasteiger partial charge in [0.15, 0.2) is 0 Å². The summed E-state index contributed by atoms with van der Waals surface area (Å²) in [5, 5.41) is 2.81. The Morgan fingerprint density at radius 1 is 1.30 bits per heavy atom. The van der Waals surface area contributed by atoms with Crippen LogP contribution in [0, 0.1) is 0 Å². The molecule has 1 aromatic carbocycles. The first kappa shape index (κ1) is 17.3. The minimum atomic E-state index is -0.730. The van der Waals surface area contributed by atoms with E-state index in [4.69, 9.17) is 9.15 Å². The first-order valence-corrected chi connectivity index (χ1v) is 8.65. The third kappa shape index (κ3) is 3.08. The van der Waals surface area contributed by atoms with Gasteiger partial charge in [-0.2, -0.15) is 0 Å². The van der Waals surface area contributed by atoms with Crippen LogP contribution in [0.15, 0.2) is 41.0 Å². The molecule has 4 rings (SSSR count). The van der Waals surface area contributed by atoms with Crippen LogP contribution in [0.2, 0.25) is 0 Å². The number of furan rings is 1. The molecule has 0 aliphatic carbocycles. The quantitative estimate of drug-likeness (QED) is 0.878. The van der Waals surface area contributed by atoms with E-state index in [1.807, 2.05) is 6.07 Å². The molecule has 0 bridgehead atoms. The van der Waals surface area contributed by atoms with Gasteiger partial charge >= 0.3 is 0 Å². The zero-order valence-corrected chi connectivity index (χ0v) is 14.8. The van der Waals surface area contributed by atoms with Crippen LogP contribution in [0.3, 0.4) is 0 Å². The molecule has 140 valence electrons. The highest BCUT2D eigenvalue weighted by Crippen LogP contribution is 2.30. The van der Waals surface area contributed by atoms with Crippen molar-refractivity contribution in [1.29, 1.82) is 0 Å². The Bertz CT molecular complexity index is 893. The van der Waals surface area contributed by atoms with E-state index >= 15 is 0 Å². The number of hydrogen-bond donors (Lipinski definition) is 1. The predicted octanol–water partition coefficient (Wildman–Crippen LogP) is 1.20. The number of fused-ring (bicyclic) bond motifs is 2. The van der Waals surface area contributed by atoms with Crippen LogP contribution in [0.5, 0.6) is 0 Å². The zero-order chi connectivity index (χ0) is 19.0. The first-order chi connectivity index (χ1) is 13.1. The average molecular weight is 369 g/mol. The summed E-state index contributed by atoms with van der Waals surface area (Å²) in [7, 11) is 1.45. The van der Waals surface area contributed by atoms with Crippen molar-refractivity contribution in [1.82, 2.24) is 9.80 Å². The van der Waals surface area contributed by atoms with Gasteiger partial charge in [0.25, 0.3) is 5.91 Å². The Morgan fingerprint density at radius 3 is 2.89 bits per heavy atom. The van der Waals surface area contributed by atoms with E-state index in [-0.39, 0.29) is 37.4 Å². The summed E-state index contributed by atoms with van der Waals surface area (Å²) in [4.78, 5) is 41.0. The largest absolute Gasteiger partial charge is 0.464 e. The monoisotopic (exact) mass is 369 g/mol. The normalized spacial score (nSPS) is 19.2. The Balaban J connectivity index is 1.64. The molecule has 8 nitrogen and oxygen atoms in total. The van der Waals surface area contributed by atoms with E-state index < -0.39 is 6.04 Å². The molecule has 1 fully saturated rings. The molecular weight excluding hydrogens is 350 g/mol. The highest BCUT2D eigenvalue weighted by atomic mass is 16.5. The standard InChI is InChI=1S/C19H19N3O5/c1-26-11-17(23)21-6-7-22-15(10-21)18(24)20-14-5-4-12(9-13(14)19(22)25)16-3-2-8-27-16/h2-5,8-9,15H,6-7,10-11H2,1H3,(H,20,24)/t15-/m1/s1. The summed E-state index contributed by atoms with van der Waals surface area (Å²) in [6.07, 6.45) is 1.57. The second-order valence-electron chi connectivity index (χ2n) is 6.51. The molecule has 8 heteroatoms. The van der Waals surface area contributed by atoms with E-state index in [1.165, 1.54) is 12.0 Å². The van der Waals surface area contributed by atoms with Crippen LogP contribution >= 0.6 is 0 Å². The number of benzene rings is 1. The molecule has 3 amide bonds. The van der Waals surface area contributed by atoms with Crippen molar-refractivity contribution in [3.63, 3.8) is 0 Å². The Labute approximate surface area is 155 Å². The fourth-order valence-corrected chi connectivity index (χ4v) is 3.49. The maximum absolute atomic E-state index is 13.1. The van der Waals surface area contributed by atoms with Crippen LogP contribution < -0.4 is 5.32 Å². The molecule has 0 spiro atoms. The van der Waals surface area contributed by atoms with Gasteiger partial charge in [-0.25, -0.2) is 0 Å². The third-order valence-electron chi connectivity index (χ3n) is 4.88. The number of ether oxygens (including phenoxy) is 1. The lowest BCUT2D eigenvalue weighted by Gasteiger charge is -2.39. The van der Waals surface area contributed by atoms with Crippen LogP contribution in [0.1, 0.15) is 10.4 Å². The van der Waals surface area contributed by atoms with Crippen molar-refractivity contribution < 1.29 is 23.5 Å². The number of nitrogens with one attached hydrogen (secondary N) is 1. The van der Waals surface area contributed by atoms with Gasteiger partial charge < -0.3 is 24.3 Å². The third-order valence-corrected chi connectivity index (χ3v) is 4.88. The molecule has 0 radical (unpaired) electrons. The fourth-order valence-electron chi connectivity index (χ4n) is 3.49. The van der Waals surface area contributed by atoms with Crippen LogP contribution in [0.4, 0.5) is 5.69 Å². The van der Waals surface area contributed by atoms with E-state index in [9.17, 15) is 14.4 Å². The number of piperazine rings is 1. The van der Waals surface area contributed by atoms with E-state index in [0.717, 1.165) is 5.56 Å². The highest BCUT2D eigenvalue weighted by molar-refractivity contribution is 6.10. The molecule has 1 aromatic heterocycles. The molecule has 2 aliphatic heterocycles. The molecule has 0 unspecified atom stereocenters. The molecular formula is C19H19N3O5. The number of carbonyl (C=O) groups excluding carboxylic acids is 3. The second kappa shape index (κ2) is 6.88. The maximum atomic E-state index is 13.1.